The number of nitrogens with zero attached hydrogens (tertiary/aromatic N) is 2. The number of nitrogens with one attached hydrogen (secondary N) is 2. The molecule has 1 spiro atoms. The minimum Gasteiger partial charge on any atom is -0.376 e. The third kappa shape index (κ3) is 3.54. The summed E-state index contributed by atoms with van der Waals surface area (Å²) in [6, 6.07) is 0.707. The molecule has 2 bridgehead atoms. The summed E-state index contributed by atoms with van der Waals surface area (Å²) in [5, 5.41) is 9.62. The molecule has 3 amide bonds. The maximum absolute atomic E-state index is 13.9. The highest BCUT2D eigenvalue weighted by Gasteiger charge is 2.76. The van der Waals surface area contributed by atoms with Gasteiger partial charge < -0.3 is 29.5 Å². The number of carbonyl (C=O) groups is 3. The van der Waals surface area contributed by atoms with E-state index in [0.717, 1.165) is 12.8 Å². The van der Waals surface area contributed by atoms with E-state index in [1.54, 1.807) is 24.8 Å². The molecule has 1 aromatic rings. The van der Waals surface area contributed by atoms with Crippen molar-refractivity contribution in [3.8, 4) is 0 Å². The Bertz CT molecular complexity index is 1050. The predicted molar refractivity (Wildman–Crippen MR) is 121 cm³/mol. The van der Waals surface area contributed by atoms with Crippen molar-refractivity contribution in [2.24, 2.45) is 11.8 Å². The molecule has 0 aromatic carbocycles. The quantitative estimate of drug-likeness (QED) is 0.624. The summed E-state index contributed by atoms with van der Waals surface area (Å²) in [7, 11) is 0. The Morgan fingerprint density at radius 2 is 2.03 bits per heavy atom. The van der Waals surface area contributed by atoms with Crippen LogP contribution in [0.25, 0.3) is 0 Å². The van der Waals surface area contributed by atoms with Gasteiger partial charge in [-0.3, -0.25) is 14.4 Å². The first kappa shape index (κ1) is 23.0. The molecule has 6 atom stereocenters. The van der Waals surface area contributed by atoms with Crippen LogP contribution in [0.5, 0.6) is 0 Å². The molecule has 10 nitrogen and oxygen atoms in total. The van der Waals surface area contributed by atoms with Crippen LogP contribution in [0, 0.1) is 18.8 Å². The minimum atomic E-state index is -1.23. The maximum atomic E-state index is 13.9. The van der Waals surface area contributed by atoms with Crippen LogP contribution >= 0.6 is 0 Å². The van der Waals surface area contributed by atoms with Gasteiger partial charge in [0.25, 0.3) is 0 Å². The average molecular weight is 473 g/mol. The Morgan fingerprint density at radius 1 is 1.26 bits per heavy atom. The molecule has 3 fully saturated rings. The molecule has 4 aliphatic rings. The highest BCUT2D eigenvalue weighted by molar-refractivity contribution is 6.03. The van der Waals surface area contributed by atoms with E-state index in [4.69, 9.17) is 14.0 Å². The smallest absolute Gasteiger partial charge is 0.246 e. The maximum Gasteiger partial charge on any atom is 0.246 e. The number of rotatable bonds is 5. The van der Waals surface area contributed by atoms with Crippen molar-refractivity contribution in [2.75, 3.05) is 18.5 Å². The average Bonchev–Trinajstić information content (AvgIpc) is 3.50. The molecular formula is C24H32N4O6. The van der Waals surface area contributed by atoms with E-state index < -0.39 is 40.5 Å². The summed E-state index contributed by atoms with van der Waals surface area (Å²) in [5.74, 6) is -1.81. The number of aryl methyl sites for hydroxylation is 1. The van der Waals surface area contributed by atoms with Crippen molar-refractivity contribution < 1.29 is 28.4 Å². The van der Waals surface area contributed by atoms with Gasteiger partial charge in [0, 0.05) is 24.8 Å². The first-order valence-corrected chi connectivity index (χ1v) is 11.8. The summed E-state index contributed by atoms with van der Waals surface area (Å²) < 4.78 is 17.3. The molecule has 1 aromatic heterocycles. The van der Waals surface area contributed by atoms with Crippen LogP contribution in [0.2, 0.25) is 0 Å². The Kier molecular flexibility index (Phi) is 5.18. The molecule has 184 valence electrons. The number of hydrogen-bond donors (Lipinski definition) is 2. The van der Waals surface area contributed by atoms with Gasteiger partial charge in [0.05, 0.1) is 23.5 Å². The predicted octanol–water partition coefficient (Wildman–Crippen LogP) is 1.56. The molecule has 0 radical (unpaired) electrons. The molecule has 0 unspecified atom stereocenters. The van der Waals surface area contributed by atoms with Gasteiger partial charge in [-0.2, -0.15) is 0 Å². The zero-order chi connectivity index (χ0) is 24.5. The van der Waals surface area contributed by atoms with Crippen LogP contribution in [0.3, 0.4) is 0 Å². The molecule has 5 heterocycles. The van der Waals surface area contributed by atoms with E-state index in [0.29, 0.717) is 12.4 Å². The van der Waals surface area contributed by atoms with Crippen molar-refractivity contribution in [1.82, 2.24) is 15.4 Å². The summed E-state index contributed by atoms with van der Waals surface area (Å²) in [4.78, 5) is 42.5. The number of carbonyl (C=O) groups excluding carboxylic acids is 3. The zero-order valence-electron chi connectivity index (χ0n) is 20.2. The Hall–Kier alpha value is -2.72. The fourth-order valence-electron chi connectivity index (χ4n) is 5.90. The molecule has 34 heavy (non-hydrogen) atoms. The number of likely N-dealkylation sites (tertiary alicyclic amines) is 1. The Balaban J connectivity index is 1.51. The molecule has 5 rings (SSSR count). The largest absolute Gasteiger partial charge is 0.376 e. The second kappa shape index (κ2) is 7.64. The number of anilines is 1. The number of aromatic nitrogens is 1. The second-order valence-corrected chi connectivity index (χ2v) is 11.0. The van der Waals surface area contributed by atoms with E-state index in [1.807, 2.05) is 32.9 Å². The van der Waals surface area contributed by atoms with Crippen LogP contribution in [0.15, 0.2) is 22.7 Å². The van der Waals surface area contributed by atoms with Crippen LogP contribution < -0.4 is 10.6 Å². The van der Waals surface area contributed by atoms with Crippen molar-refractivity contribution >= 4 is 23.5 Å². The number of hydrogen-bond acceptors (Lipinski definition) is 7. The molecule has 10 heteroatoms. The number of fused-ring (bicyclic) bond motifs is 1. The van der Waals surface area contributed by atoms with Crippen LogP contribution in [0.1, 0.15) is 46.3 Å². The number of ether oxygens (including phenoxy) is 2. The van der Waals surface area contributed by atoms with E-state index in [-0.39, 0.29) is 30.3 Å². The van der Waals surface area contributed by atoms with Crippen LogP contribution in [-0.2, 0) is 23.9 Å². The molecule has 2 N–H and O–H groups in total. The lowest BCUT2D eigenvalue weighted by molar-refractivity contribution is -0.146. The lowest BCUT2D eigenvalue weighted by atomic mass is 9.70. The second-order valence-electron chi connectivity index (χ2n) is 11.0. The third-order valence-corrected chi connectivity index (χ3v) is 7.13. The molecule has 0 saturated carbocycles. The van der Waals surface area contributed by atoms with Gasteiger partial charge in [-0.1, -0.05) is 17.3 Å². The first-order chi connectivity index (χ1) is 15.9. The SMILES string of the molecule is Cc1cc(NC(=O)[C@@H]2[C@@H]3C(=O)N(C[C@H]4CCCO4)[C@H](C(=O)NC(C)(C)C)[C@@]34C=C[C@@]2(C)O4)no1. The van der Waals surface area contributed by atoms with E-state index in [1.165, 1.54) is 0 Å². The highest BCUT2D eigenvalue weighted by Crippen LogP contribution is 2.59. The van der Waals surface area contributed by atoms with E-state index in [2.05, 4.69) is 15.8 Å². The Labute approximate surface area is 198 Å². The monoisotopic (exact) mass is 472 g/mol. The lowest BCUT2D eigenvalue weighted by Crippen LogP contribution is -2.58. The number of amides is 3. The van der Waals surface area contributed by atoms with Gasteiger partial charge in [-0.05, 0) is 47.5 Å². The summed E-state index contributed by atoms with van der Waals surface area (Å²) in [5.41, 5.74) is -2.77. The fourth-order valence-corrected chi connectivity index (χ4v) is 5.90. The van der Waals surface area contributed by atoms with Crippen molar-refractivity contribution in [1.29, 1.82) is 0 Å². The van der Waals surface area contributed by atoms with E-state index >= 15 is 0 Å². The van der Waals surface area contributed by atoms with Gasteiger partial charge >= 0.3 is 0 Å². The normalized spacial score (nSPS) is 36.3. The molecule has 3 saturated heterocycles. The van der Waals surface area contributed by atoms with E-state index in [9.17, 15) is 14.4 Å². The van der Waals surface area contributed by atoms with Crippen molar-refractivity contribution in [3.63, 3.8) is 0 Å². The third-order valence-electron chi connectivity index (χ3n) is 7.13. The lowest BCUT2D eigenvalue weighted by Gasteiger charge is -2.35. The summed E-state index contributed by atoms with van der Waals surface area (Å²) >= 11 is 0. The fraction of sp³-hybridized carbons (Fsp3) is 0.667. The van der Waals surface area contributed by atoms with Crippen molar-refractivity contribution in [2.45, 2.75) is 76.3 Å². The van der Waals surface area contributed by atoms with Crippen LogP contribution in [0.4, 0.5) is 5.82 Å². The molecule has 0 aliphatic carbocycles. The van der Waals surface area contributed by atoms with Gasteiger partial charge in [0.2, 0.25) is 17.7 Å². The summed E-state index contributed by atoms with van der Waals surface area (Å²) in [6.45, 7) is 10.1. The van der Waals surface area contributed by atoms with Gasteiger partial charge in [-0.25, -0.2) is 0 Å². The van der Waals surface area contributed by atoms with Crippen LogP contribution in [-0.4, -0.2) is 69.8 Å². The summed E-state index contributed by atoms with van der Waals surface area (Å²) in [6.07, 6.45) is 5.20. The topological polar surface area (TPSA) is 123 Å². The Morgan fingerprint density at radius 3 is 2.65 bits per heavy atom. The molecule has 4 aliphatic heterocycles. The zero-order valence-corrected chi connectivity index (χ0v) is 20.2. The molecular weight excluding hydrogens is 440 g/mol. The standard InChI is InChI=1S/C24H32N4O6/c1-13-11-15(27-33-13)25-19(29)16-17-21(31)28(12-14-7-6-10-32-14)18(20(30)26-22(2,3)4)24(17)9-8-23(16,5)34-24/h8-9,11,14,16-18H,6-7,10,12H2,1-5H3,(H,26,30)(H,25,27,29)/t14-,16+,17-,18-,23-,24-/m1/s1. The van der Waals surface area contributed by atoms with Gasteiger partial charge in [-0.15, -0.1) is 0 Å². The van der Waals surface area contributed by atoms with Gasteiger partial charge in [0.15, 0.2) is 5.82 Å². The van der Waals surface area contributed by atoms with Gasteiger partial charge in [0.1, 0.15) is 17.4 Å². The minimum absolute atomic E-state index is 0.147. The van der Waals surface area contributed by atoms with Crippen molar-refractivity contribution in [3.05, 3.63) is 24.0 Å². The first-order valence-electron chi connectivity index (χ1n) is 11.8. The highest BCUT2D eigenvalue weighted by atomic mass is 16.5.